The summed E-state index contributed by atoms with van der Waals surface area (Å²) >= 11 is 0.930. The molecule has 0 spiro atoms. The maximum Gasteiger partial charge on any atom is 0.246 e. The molecule has 21 heavy (non-hydrogen) atoms. The lowest BCUT2D eigenvalue weighted by Gasteiger charge is -2.25. The molecule has 1 aromatic heterocycles. The predicted molar refractivity (Wildman–Crippen MR) is 74.1 cm³/mol. The smallest absolute Gasteiger partial charge is 0.246 e. The van der Waals surface area contributed by atoms with Crippen LogP contribution in [0.25, 0.3) is 11.0 Å². The van der Waals surface area contributed by atoms with Gasteiger partial charge in [0.1, 0.15) is 15.9 Å². The van der Waals surface area contributed by atoms with Gasteiger partial charge >= 0.3 is 0 Å². The fourth-order valence-corrected chi connectivity index (χ4v) is 5.24. The van der Waals surface area contributed by atoms with E-state index in [1.54, 1.807) is 19.1 Å². The quantitative estimate of drug-likeness (QED) is 0.780. The summed E-state index contributed by atoms with van der Waals surface area (Å²) in [7, 11) is -3.94. The number of hydrogen-bond acceptors (Lipinski definition) is 7. The number of benzene rings is 1. The van der Waals surface area contributed by atoms with Crippen molar-refractivity contribution in [3.63, 3.8) is 0 Å². The zero-order valence-corrected chi connectivity index (χ0v) is 12.8. The maximum absolute atomic E-state index is 12.9. The van der Waals surface area contributed by atoms with Crippen LogP contribution in [0.5, 0.6) is 0 Å². The standard InChI is InChI=1S/C12H13N3O4S2/c1-7-4-5-8-10(14-20-13-8)11(7)21(18,19)15-6-2-3-9(15)12(16)17/h4-5,9H,2-3,6H2,1H3,(H,16,17)/p-1/t9-/m1/s1. The Hall–Kier alpha value is -1.58. The van der Waals surface area contributed by atoms with Crippen molar-refractivity contribution in [3.05, 3.63) is 17.7 Å². The second kappa shape index (κ2) is 5.00. The second-order valence-corrected chi connectivity index (χ2v) is 7.29. The number of carbonyl (C=O) groups excluding carboxylic acids is 1. The zero-order chi connectivity index (χ0) is 15.2. The summed E-state index contributed by atoms with van der Waals surface area (Å²) in [5.74, 6) is -1.36. The van der Waals surface area contributed by atoms with E-state index < -0.39 is 22.0 Å². The fraction of sp³-hybridized carbons (Fsp3) is 0.417. The molecule has 0 unspecified atom stereocenters. The van der Waals surface area contributed by atoms with Crippen LogP contribution in [-0.2, 0) is 14.8 Å². The van der Waals surface area contributed by atoms with Crippen LogP contribution in [0.1, 0.15) is 18.4 Å². The van der Waals surface area contributed by atoms with E-state index in [0.717, 1.165) is 16.0 Å². The van der Waals surface area contributed by atoms with Gasteiger partial charge in [-0.05, 0) is 31.4 Å². The monoisotopic (exact) mass is 326 g/mol. The van der Waals surface area contributed by atoms with Crippen LogP contribution in [0.15, 0.2) is 17.0 Å². The van der Waals surface area contributed by atoms with Crippen molar-refractivity contribution in [1.29, 1.82) is 0 Å². The Bertz CT molecular complexity index is 815. The van der Waals surface area contributed by atoms with E-state index in [4.69, 9.17) is 0 Å². The Labute approximate surface area is 125 Å². The fourth-order valence-electron chi connectivity index (χ4n) is 2.64. The summed E-state index contributed by atoms with van der Waals surface area (Å²) in [5.41, 5.74) is 1.32. The van der Waals surface area contributed by atoms with Gasteiger partial charge in [-0.1, -0.05) is 6.07 Å². The molecule has 1 aliphatic heterocycles. The third-order valence-electron chi connectivity index (χ3n) is 3.62. The maximum atomic E-state index is 12.9. The number of aliphatic carboxylic acids is 1. The molecule has 0 bridgehead atoms. The highest BCUT2D eigenvalue weighted by Crippen LogP contribution is 2.31. The normalized spacial score (nSPS) is 20.1. The summed E-state index contributed by atoms with van der Waals surface area (Å²) in [6.07, 6.45) is 0.772. The molecule has 0 saturated carbocycles. The molecule has 2 aromatic rings. The number of carboxylic acids is 1. The van der Waals surface area contributed by atoms with E-state index >= 15 is 0 Å². The van der Waals surface area contributed by atoms with E-state index in [2.05, 4.69) is 8.75 Å². The van der Waals surface area contributed by atoms with Gasteiger partial charge in [-0.25, -0.2) is 8.42 Å². The van der Waals surface area contributed by atoms with Gasteiger partial charge in [0.25, 0.3) is 0 Å². The SMILES string of the molecule is Cc1ccc2nsnc2c1S(=O)(=O)N1CCC[C@@H]1C(=O)[O-]. The van der Waals surface area contributed by atoms with Crippen LogP contribution in [0.4, 0.5) is 0 Å². The molecule has 1 fully saturated rings. The van der Waals surface area contributed by atoms with E-state index in [1.807, 2.05) is 0 Å². The van der Waals surface area contributed by atoms with Crippen molar-refractivity contribution in [3.8, 4) is 0 Å². The molecule has 1 aromatic carbocycles. The number of carboxylic acid groups (broad SMARTS) is 1. The zero-order valence-electron chi connectivity index (χ0n) is 11.1. The van der Waals surface area contributed by atoms with Crippen molar-refractivity contribution in [2.45, 2.75) is 30.7 Å². The number of rotatable bonds is 3. The van der Waals surface area contributed by atoms with Gasteiger partial charge in [0, 0.05) is 6.54 Å². The molecule has 1 saturated heterocycles. The summed E-state index contributed by atoms with van der Waals surface area (Å²) < 4.78 is 34.8. The molecule has 7 nitrogen and oxygen atoms in total. The molecule has 1 aliphatic rings. The molecule has 3 rings (SSSR count). The molecule has 2 heterocycles. The first kappa shape index (κ1) is 14.4. The summed E-state index contributed by atoms with van der Waals surface area (Å²) in [6.45, 7) is 1.84. The molecule has 0 aliphatic carbocycles. The number of aromatic nitrogens is 2. The minimum Gasteiger partial charge on any atom is -0.548 e. The van der Waals surface area contributed by atoms with Gasteiger partial charge in [0.15, 0.2) is 0 Å². The third-order valence-corrected chi connectivity index (χ3v) is 6.25. The van der Waals surface area contributed by atoms with Crippen molar-refractivity contribution in [2.24, 2.45) is 0 Å². The molecule has 9 heteroatoms. The largest absolute Gasteiger partial charge is 0.548 e. The van der Waals surface area contributed by atoms with Gasteiger partial charge in [-0.2, -0.15) is 13.1 Å². The number of fused-ring (bicyclic) bond motifs is 1. The molecule has 0 N–H and O–H groups in total. The Balaban J connectivity index is 2.19. The Kier molecular flexibility index (Phi) is 3.42. The van der Waals surface area contributed by atoms with Crippen LogP contribution >= 0.6 is 11.7 Å². The van der Waals surface area contributed by atoms with Gasteiger partial charge in [0.2, 0.25) is 10.0 Å². The van der Waals surface area contributed by atoms with Crippen molar-refractivity contribution in [1.82, 2.24) is 13.1 Å². The first-order valence-corrected chi connectivity index (χ1v) is 8.54. The Morgan fingerprint density at radius 3 is 2.90 bits per heavy atom. The lowest BCUT2D eigenvalue weighted by atomic mass is 10.2. The highest BCUT2D eigenvalue weighted by molar-refractivity contribution is 7.89. The average molecular weight is 326 g/mol. The molecule has 112 valence electrons. The molecular formula is C12H12N3O4S2-. The van der Waals surface area contributed by atoms with Crippen LogP contribution < -0.4 is 5.11 Å². The Morgan fingerprint density at radius 2 is 2.19 bits per heavy atom. The van der Waals surface area contributed by atoms with E-state index in [1.165, 1.54) is 0 Å². The number of aryl methyl sites for hydroxylation is 1. The molecular weight excluding hydrogens is 314 g/mol. The number of hydrogen-bond donors (Lipinski definition) is 0. The first-order chi connectivity index (χ1) is 9.93. The third kappa shape index (κ3) is 2.21. The van der Waals surface area contributed by atoms with E-state index in [9.17, 15) is 18.3 Å². The van der Waals surface area contributed by atoms with Gasteiger partial charge in [0.05, 0.1) is 23.7 Å². The van der Waals surface area contributed by atoms with Gasteiger partial charge < -0.3 is 9.90 Å². The minimum atomic E-state index is -3.94. The highest BCUT2D eigenvalue weighted by atomic mass is 32.2. The number of nitrogens with zero attached hydrogens (tertiary/aromatic N) is 3. The molecule has 0 amide bonds. The van der Waals surface area contributed by atoms with Gasteiger partial charge in [-0.3, -0.25) is 0 Å². The second-order valence-electron chi connectivity index (χ2n) is 4.94. The topological polar surface area (TPSA) is 103 Å². The highest BCUT2D eigenvalue weighted by Gasteiger charge is 2.38. The summed E-state index contributed by atoms with van der Waals surface area (Å²) in [4.78, 5) is 11.2. The first-order valence-electron chi connectivity index (χ1n) is 6.37. The average Bonchev–Trinajstić information content (AvgIpc) is 3.06. The van der Waals surface area contributed by atoms with Crippen molar-refractivity contribution < 1.29 is 18.3 Å². The number of sulfonamides is 1. The van der Waals surface area contributed by atoms with Crippen LogP contribution in [0.2, 0.25) is 0 Å². The lowest BCUT2D eigenvalue weighted by Crippen LogP contribution is -2.47. The van der Waals surface area contributed by atoms with E-state index in [0.29, 0.717) is 23.0 Å². The van der Waals surface area contributed by atoms with E-state index in [-0.39, 0.29) is 17.9 Å². The number of carbonyl (C=O) groups is 1. The minimum absolute atomic E-state index is 0.0434. The molecule has 0 radical (unpaired) electrons. The molecule has 1 atom stereocenters. The summed E-state index contributed by atoms with van der Waals surface area (Å²) in [5, 5.41) is 11.1. The van der Waals surface area contributed by atoms with Crippen LogP contribution in [0.3, 0.4) is 0 Å². The van der Waals surface area contributed by atoms with Crippen molar-refractivity contribution >= 4 is 38.8 Å². The van der Waals surface area contributed by atoms with Crippen LogP contribution in [0, 0.1) is 6.92 Å². The Morgan fingerprint density at radius 1 is 1.43 bits per heavy atom. The lowest BCUT2D eigenvalue weighted by molar-refractivity contribution is -0.309. The summed E-state index contributed by atoms with van der Waals surface area (Å²) in [6, 6.07) is 2.24. The van der Waals surface area contributed by atoms with Crippen LogP contribution in [-0.4, -0.2) is 40.0 Å². The predicted octanol–water partition coefficient (Wildman–Crippen LogP) is -0.0973. The van der Waals surface area contributed by atoms with Gasteiger partial charge in [-0.15, -0.1) is 0 Å². The van der Waals surface area contributed by atoms with Crippen molar-refractivity contribution in [2.75, 3.05) is 6.54 Å².